The molecular formula is C16H21N. The van der Waals surface area contributed by atoms with Crippen molar-refractivity contribution in [2.45, 2.75) is 13.8 Å². The Balaban J connectivity index is 5.65. The van der Waals surface area contributed by atoms with E-state index in [9.17, 15) is 0 Å². The third-order valence-corrected chi connectivity index (χ3v) is 2.17. The molecule has 0 aromatic rings. The molecule has 0 unspecified atom stereocenters. The number of rotatable bonds is 7. The van der Waals surface area contributed by atoms with Crippen LogP contribution in [0.3, 0.4) is 0 Å². The molecule has 0 aromatic heterocycles. The Hall–Kier alpha value is -2.02. The van der Waals surface area contributed by atoms with Gasteiger partial charge in [0.25, 0.3) is 0 Å². The van der Waals surface area contributed by atoms with E-state index in [2.05, 4.69) is 26.3 Å². The van der Waals surface area contributed by atoms with E-state index in [4.69, 9.17) is 0 Å². The lowest BCUT2D eigenvalue weighted by atomic mass is 10.2. The Morgan fingerprint density at radius 1 is 1.00 bits per heavy atom. The Kier molecular flexibility index (Phi) is 7.20. The van der Waals surface area contributed by atoms with Gasteiger partial charge in [0.2, 0.25) is 0 Å². The summed E-state index contributed by atoms with van der Waals surface area (Å²) in [6, 6.07) is 0. The van der Waals surface area contributed by atoms with E-state index in [0.717, 1.165) is 17.1 Å². The summed E-state index contributed by atoms with van der Waals surface area (Å²) in [4.78, 5) is 1.97. The van der Waals surface area contributed by atoms with E-state index in [-0.39, 0.29) is 0 Å². The molecule has 0 saturated carbocycles. The quantitative estimate of drug-likeness (QED) is 0.569. The van der Waals surface area contributed by atoms with Crippen LogP contribution in [0.5, 0.6) is 0 Å². The summed E-state index contributed by atoms with van der Waals surface area (Å²) in [7, 11) is 0. The van der Waals surface area contributed by atoms with Crippen LogP contribution in [0.4, 0.5) is 0 Å². The van der Waals surface area contributed by atoms with Crippen molar-refractivity contribution in [3.63, 3.8) is 0 Å². The van der Waals surface area contributed by atoms with Gasteiger partial charge in [0.05, 0.1) is 0 Å². The summed E-state index contributed by atoms with van der Waals surface area (Å²) in [5.41, 5.74) is 2.73. The second-order valence-electron chi connectivity index (χ2n) is 3.28. The fourth-order valence-corrected chi connectivity index (χ4v) is 1.41. The van der Waals surface area contributed by atoms with Gasteiger partial charge in [-0.25, -0.2) is 0 Å². The van der Waals surface area contributed by atoms with Crippen molar-refractivity contribution in [3.8, 4) is 0 Å². The van der Waals surface area contributed by atoms with Gasteiger partial charge in [-0.2, -0.15) is 0 Å². The van der Waals surface area contributed by atoms with Crippen molar-refractivity contribution in [1.82, 2.24) is 4.90 Å². The molecule has 0 aliphatic heterocycles. The molecule has 1 nitrogen and oxygen atoms in total. The van der Waals surface area contributed by atoms with Gasteiger partial charge >= 0.3 is 0 Å². The van der Waals surface area contributed by atoms with Gasteiger partial charge in [0.1, 0.15) is 0 Å². The van der Waals surface area contributed by atoms with Crippen LogP contribution in [-0.2, 0) is 0 Å². The molecule has 0 aliphatic carbocycles. The van der Waals surface area contributed by atoms with Gasteiger partial charge in [0.15, 0.2) is 0 Å². The van der Waals surface area contributed by atoms with Crippen LogP contribution < -0.4 is 0 Å². The maximum absolute atomic E-state index is 3.99. The highest BCUT2D eigenvalue weighted by Gasteiger charge is 2.10. The first-order valence-corrected chi connectivity index (χ1v) is 5.51. The Morgan fingerprint density at radius 2 is 1.65 bits per heavy atom. The molecule has 0 rings (SSSR count). The summed E-state index contributed by atoms with van der Waals surface area (Å²) in [6.45, 7) is 19.2. The first kappa shape index (κ1) is 15.0. The zero-order valence-corrected chi connectivity index (χ0v) is 10.8. The van der Waals surface area contributed by atoms with Crippen LogP contribution in [0.1, 0.15) is 13.8 Å². The molecule has 0 spiro atoms. The van der Waals surface area contributed by atoms with E-state index in [1.165, 1.54) is 0 Å². The highest BCUT2D eigenvalue weighted by Crippen LogP contribution is 2.21. The smallest absolute Gasteiger partial charge is 0.0457 e. The molecule has 0 heterocycles. The zero-order valence-electron chi connectivity index (χ0n) is 10.8. The second-order valence-corrected chi connectivity index (χ2v) is 3.28. The zero-order chi connectivity index (χ0) is 13.3. The van der Waals surface area contributed by atoms with Crippen molar-refractivity contribution in [1.29, 1.82) is 0 Å². The van der Waals surface area contributed by atoms with Crippen molar-refractivity contribution < 1.29 is 0 Å². The van der Waals surface area contributed by atoms with Crippen LogP contribution in [0, 0.1) is 0 Å². The molecule has 0 fully saturated rings. The van der Waals surface area contributed by atoms with Gasteiger partial charge in [0, 0.05) is 17.1 Å². The number of hydrogen-bond donors (Lipinski definition) is 0. The lowest BCUT2D eigenvalue weighted by Gasteiger charge is -2.27. The highest BCUT2D eigenvalue weighted by molar-refractivity contribution is 5.37. The lowest BCUT2D eigenvalue weighted by Crippen LogP contribution is -2.18. The van der Waals surface area contributed by atoms with Crippen LogP contribution in [-0.4, -0.2) is 4.90 Å². The van der Waals surface area contributed by atoms with Crippen LogP contribution in [0.2, 0.25) is 0 Å². The molecule has 0 aromatic carbocycles. The van der Waals surface area contributed by atoms with Crippen LogP contribution in [0.25, 0.3) is 0 Å². The average molecular weight is 227 g/mol. The summed E-state index contributed by atoms with van der Waals surface area (Å²) in [5, 5.41) is 0. The normalized spacial score (nSPS) is 12.4. The molecule has 0 radical (unpaired) electrons. The maximum atomic E-state index is 3.99. The lowest BCUT2D eigenvalue weighted by molar-refractivity contribution is 0.580. The SMILES string of the molecule is C=C/C=C(\C=C/C)N(C(=C)C=C)/C(C=C)=C/C. The first-order valence-electron chi connectivity index (χ1n) is 5.51. The minimum atomic E-state index is 0.796. The third-order valence-electron chi connectivity index (χ3n) is 2.17. The van der Waals surface area contributed by atoms with E-state index >= 15 is 0 Å². The summed E-state index contributed by atoms with van der Waals surface area (Å²) < 4.78 is 0. The molecule has 0 saturated heterocycles. The van der Waals surface area contributed by atoms with Crippen LogP contribution >= 0.6 is 0 Å². The molecule has 17 heavy (non-hydrogen) atoms. The minimum absolute atomic E-state index is 0.796. The van der Waals surface area contributed by atoms with E-state index in [1.54, 1.807) is 18.2 Å². The predicted molar refractivity (Wildman–Crippen MR) is 78.2 cm³/mol. The van der Waals surface area contributed by atoms with Gasteiger partial charge in [-0.1, -0.05) is 44.5 Å². The fraction of sp³-hybridized carbons (Fsp3) is 0.125. The summed E-state index contributed by atoms with van der Waals surface area (Å²) >= 11 is 0. The van der Waals surface area contributed by atoms with Gasteiger partial charge in [-0.15, -0.1) is 0 Å². The van der Waals surface area contributed by atoms with E-state index in [1.807, 2.05) is 43.1 Å². The van der Waals surface area contributed by atoms with Gasteiger partial charge < -0.3 is 4.90 Å². The van der Waals surface area contributed by atoms with E-state index in [0.29, 0.717) is 0 Å². The molecule has 0 N–H and O–H groups in total. The average Bonchev–Trinajstić information content (AvgIpc) is 2.35. The molecule has 1 heteroatoms. The standard InChI is InChI=1S/C16H21N/c1-7-12-16(13-8-2)17(14(6)9-3)15(10-4)11-5/h7-13H,1,3-4,6H2,2,5H3/b13-8-,15-11+,16-12+. The molecule has 0 atom stereocenters. The fourth-order valence-electron chi connectivity index (χ4n) is 1.41. The number of hydrogen-bond acceptors (Lipinski definition) is 1. The second kappa shape index (κ2) is 8.17. The van der Waals surface area contributed by atoms with E-state index < -0.39 is 0 Å². The topological polar surface area (TPSA) is 3.24 Å². The largest absolute Gasteiger partial charge is 0.311 e. The predicted octanol–water partition coefficient (Wildman–Crippen LogP) is 4.72. The Bertz CT molecular complexity index is 392. The minimum Gasteiger partial charge on any atom is -0.311 e. The molecule has 0 aliphatic rings. The molecular weight excluding hydrogens is 206 g/mol. The summed E-state index contributed by atoms with van der Waals surface area (Å²) in [5.74, 6) is 0. The van der Waals surface area contributed by atoms with Crippen molar-refractivity contribution in [2.24, 2.45) is 0 Å². The monoisotopic (exact) mass is 227 g/mol. The Morgan fingerprint density at radius 3 is 2.00 bits per heavy atom. The number of allylic oxidation sites excluding steroid dienone is 7. The van der Waals surface area contributed by atoms with Crippen molar-refractivity contribution >= 4 is 0 Å². The van der Waals surface area contributed by atoms with Crippen molar-refractivity contribution in [3.05, 3.63) is 85.9 Å². The van der Waals surface area contributed by atoms with Crippen LogP contribution in [0.15, 0.2) is 85.9 Å². The third kappa shape index (κ3) is 4.15. The maximum Gasteiger partial charge on any atom is 0.0457 e. The van der Waals surface area contributed by atoms with Crippen molar-refractivity contribution in [2.75, 3.05) is 0 Å². The Labute approximate surface area is 105 Å². The summed E-state index contributed by atoms with van der Waals surface area (Å²) in [6.07, 6.45) is 13.1. The van der Waals surface area contributed by atoms with Gasteiger partial charge in [-0.3, -0.25) is 0 Å². The number of nitrogens with zero attached hydrogens (tertiary/aromatic N) is 1. The first-order chi connectivity index (χ1) is 8.15. The molecule has 0 bridgehead atoms. The highest BCUT2D eigenvalue weighted by atomic mass is 15.2. The van der Waals surface area contributed by atoms with Gasteiger partial charge in [-0.05, 0) is 38.2 Å². The molecule has 90 valence electrons. The molecule has 0 amide bonds.